The molecule has 2 aliphatic heterocycles. The molecule has 0 saturated carbocycles. The second kappa shape index (κ2) is 5.67. The average Bonchev–Trinajstić information content (AvgIpc) is 2.70. The fourth-order valence-corrected chi connectivity index (χ4v) is 2.62. The molecule has 2 aliphatic rings. The third-order valence-electron chi connectivity index (χ3n) is 3.79. The molecule has 0 radical (unpaired) electrons. The normalized spacial score (nSPS) is 25.9. The number of carbonyl (C=O) groups excluding carboxylic acids is 2. The predicted molar refractivity (Wildman–Crippen MR) is 65.8 cm³/mol. The van der Waals surface area contributed by atoms with E-state index in [-0.39, 0.29) is 24.3 Å². The van der Waals surface area contributed by atoms with Gasteiger partial charge in [-0.05, 0) is 0 Å². The molecule has 0 spiro atoms. The Labute approximate surface area is 107 Å². The first kappa shape index (κ1) is 13.3. The summed E-state index contributed by atoms with van der Waals surface area (Å²) in [7, 11) is 1.74. The lowest BCUT2D eigenvalue weighted by Gasteiger charge is -2.35. The van der Waals surface area contributed by atoms with E-state index in [0.29, 0.717) is 32.6 Å². The van der Waals surface area contributed by atoms with Crippen LogP contribution in [-0.4, -0.2) is 84.5 Å². The van der Waals surface area contributed by atoms with Gasteiger partial charge in [-0.15, -0.1) is 0 Å². The molecule has 0 aliphatic carbocycles. The zero-order valence-corrected chi connectivity index (χ0v) is 10.8. The molecule has 0 aromatic carbocycles. The van der Waals surface area contributed by atoms with Crippen LogP contribution in [0.4, 0.5) is 0 Å². The van der Waals surface area contributed by atoms with Gasteiger partial charge in [-0.2, -0.15) is 0 Å². The minimum atomic E-state index is -0.160. The summed E-state index contributed by atoms with van der Waals surface area (Å²) in [6.45, 7) is 4.41. The molecular weight excluding hydrogens is 234 g/mol. The molecule has 2 fully saturated rings. The number of aliphatic hydroxyl groups excluding tert-OH is 1. The lowest BCUT2D eigenvalue weighted by Crippen LogP contribution is -2.51. The topological polar surface area (TPSA) is 64.1 Å². The molecule has 2 heterocycles. The van der Waals surface area contributed by atoms with E-state index in [1.165, 1.54) is 0 Å². The number of nitrogens with zero attached hydrogens (tertiary/aromatic N) is 3. The van der Waals surface area contributed by atoms with Crippen molar-refractivity contribution in [1.82, 2.24) is 14.7 Å². The van der Waals surface area contributed by atoms with Crippen LogP contribution in [0.5, 0.6) is 0 Å². The van der Waals surface area contributed by atoms with Crippen molar-refractivity contribution in [2.45, 2.75) is 6.42 Å². The van der Waals surface area contributed by atoms with Gasteiger partial charge in [0.2, 0.25) is 11.8 Å². The molecule has 102 valence electrons. The molecule has 6 nitrogen and oxygen atoms in total. The van der Waals surface area contributed by atoms with Crippen molar-refractivity contribution in [3.63, 3.8) is 0 Å². The Balaban J connectivity index is 1.83. The lowest BCUT2D eigenvalue weighted by atomic mass is 10.1. The fourth-order valence-electron chi connectivity index (χ4n) is 2.62. The van der Waals surface area contributed by atoms with Crippen molar-refractivity contribution >= 4 is 11.8 Å². The van der Waals surface area contributed by atoms with Crippen LogP contribution in [0, 0.1) is 5.92 Å². The lowest BCUT2D eigenvalue weighted by molar-refractivity contribution is -0.137. The minimum absolute atomic E-state index is 0.0623. The van der Waals surface area contributed by atoms with Crippen molar-refractivity contribution in [3.05, 3.63) is 0 Å². The monoisotopic (exact) mass is 255 g/mol. The van der Waals surface area contributed by atoms with E-state index in [0.717, 1.165) is 13.1 Å². The molecular formula is C12H21N3O3. The van der Waals surface area contributed by atoms with Crippen LogP contribution in [0.25, 0.3) is 0 Å². The van der Waals surface area contributed by atoms with Crippen LogP contribution in [-0.2, 0) is 9.59 Å². The maximum absolute atomic E-state index is 12.2. The van der Waals surface area contributed by atoms with Gasteiger partial charge in [-0.3, -0.25) is 14.5 Å². The molecule has 1 atom stereocenters. The Hall–Kier alpha value is -1.14. The van der Waals surface area contributed by atoms with Gasteiger partial charge in [0.1, 0.15) is 0 Å². The summed E-state index contributed by atoms with van der Waals surface area (Å²) in [6.07, 6.45) is 0.353. The molecule has 6 heteroatoms. The third-order valence-corrected chi connectivity index (χ3v) is 3.79. The summed E-state index contributed by atoms with van der Waals surface area (Å²) < 4.78 is 0. The first-order chi connectivity index (χ1) is 8.61. The quantitative estimate of drug-likeness (QED) is 0.674. The van der Waals surface area contributed by atoms with Crippen molar-refractivity contribution in [2.24, 2.45) is 5.92 Å². The maximum atomic E-state index is 12.2. The highest BCUT2D eigenvalue weighted by Gasteiger charge is 2.35. The van der Waals surface area contributed by atoms with Crippen molar-refractivity contribution in [2.75, 3.05) is 52.9 Å². The zero-order chi connectivity index (χ0) is 13.1. The van der Waals surface area contributed by atoms with Gasteiger partial charge < -0.3 is 14.9 Å². The molecule has 18 heavy (non-hydrogen) atoms. The number of rotatable bonds is 3. The van der Waals surface area contributed by atoms with Gasteiger partial charge in [-0.1, -0.05) is 0 Å². The molecule has 2 amide bonds. The molecule has 0 aromatic rings. The summed E-state index contributed by atoms with van der Waals surface area (Å²) >= 11 is 0. The third kappa shape index (κ3) is 2.81. The second-order valence-electron chi connectivity index (χ2n) is 5.07. The highest BCUT2D eigenvalue weighted by molar-refractivity contribution is 5.89. The van der Waals surface area contributed by atoms with Gasteiger partial charge in [0.25, 0.3) is 0 Å². The number of likely N-dealkylation sites (tertiary alicyclic amines) is 1. The van der Waals surface area contributed by atoms with E-state index in [1.807, 2.05) is 4.90 Å². The second-order valence-corrected chi connectivity index (χ2v) is 5.07. The molecule has 0 aromatic heterocycles. The molecule has 2 saturated heterocycles. The van der Waals surface area contributed by atoms with E-state index >= 15 is 0 Å². The SMILES string of the molecule is CN1CC(C(=O)N2CCN(CCO)CC2)CC1=O. The number of β-amino-alcohol motifs (C(OH)–C–C–N with tert-alkyl or cyclic N) is 1. The summed E-state index contributed by atoms with van der Waals surface area (Å²) in [5.41, 5.74) is 0. The summed E-state index contributed by atoms with van der Waals surface area (Å²) in [5, 5.41) is 8.86. The predicted octanol–water partition coefficient (Wildman–Crippen LogP) is -1.40. The largest absolute Gasteiger partial charge is 0.395 e. The Morgan fingerprint density at radius 2 is 2.00 bits per heavy atom. The van der Waals surface area contributed by atoms with Crippen LogP contribution in [0.2, 0.25) is 0 Å². The summed E-state index contributed by atoms with van der Waals surface area (Å²) in [6, 6.07) is 0. The maximum Gasteiger partial charge on any atom is 0.228 e. The van der Waals surface area contributed by atoms with Crippen LogP contribution in [0.15, 0.2) is 0 Å². The molecule has 1 N–H and O–H groups in total. The highest BCUT2D eigenvalue weighted by atomic mass is 16.3. The van der Waals surface area contributed by atoms with Gasteiger partial charge in [0.15, 0.2) is 0 Å². The number of carbonyl (C=O) groups is 2. The molecule has 2 rings (SSSR count). The number of aliphatic hydroxyl groups is 1. The average molecular weight is 255 g/mol. The van der Waals surface area contributed by atoms with E-state index in [9.17, 15) is 9.59 Å². The Kier molecular flexibility index (Phi) is 4.19. The standard InChI is InChI=1S/C12H21N3O3/c1-13-9-10(8-11(13)17)12(18)15-4-2-14(3-5-15)6-7-16/h10,16H,2-9H2,1H3. The van der Waals surface area contributed by atoms with E-state index in [1.54, 1.807) is 11.9 Å². The number of piperazine rings is 1. The van der Waals surface area contributed by atoms with Gasteiger partial charge in [0, 0.05) is 52.7 Å². The van der Waals surface area contributed by atoms with Crippen LogP contribution >= 0.6 is 0 Å². The van der Waals surface area contributed by atoms with Crippen LogP contribution < -0.4 is 0 Å². The van der Waals surface area contributed by atoms with Crippen LogP contribution in [0.1, 0.15) is 6.42 Å². The smallest absolute Gasteiger partial charge is 0.228 e. The Bertz CT molecular complexity index is 327. The number of hydrogen-bond acceptors (Lipinski definition) is 4. The van der Waals surface area contributed by atoms with Crippen molar-refractivity contribution < 1.29 is 14.7 Å². The van der Waals surface area contributed by atoms with Gasteiger partial charge in [0.05, 0.1) is 12.5 Å². The van der Waals surface area contributed by atoms with Crippen molar-refractivity contribution in [3.8, 4) is 0 Å². The van der Waals surface area contributed by atoms with Crippen molar-refractivity contribution in [1.29, 1.82) is 0 Å². The number of amides is 2. The van der Waals surface area contributed by atoms with Gasteiger partial charge in [-0.25, -0.2) is 0 Å². The minimum Gasteiger partial charge on any atom is -0.395 e. The number of hydrogen-bond donors (Lipinski definition) is 1. The Morgan fingerprint density at radius 1 is 1.33 bits per heavy atom. The first-order valence-electron chi connectivity index (χ1n) is 6.47. The van der Waals surface area contributed by atoms with E-state index in [2.05, 4.69) is 4.90 Å². The summed E-state index contributed by atoms with van der Waals surface area (Å²) in [4.78, 5) is 29.3. The van der Waals surface area contributed by atoms with E-state index < -0.39 is 0 Å². The molecule has 1 unspecified atom stereocenters. The first-order valence-corrected chi connectivity index (χ1v) is 6.47. The highest BCUT2D eigenvalue weighted by Crippen LogP contribution is 2.19. The fraction of sp³-hybridized carbons (Fsp3) is 0.833. The zero-order valence-electron chi connectivity index (χ0n) is 10.8. The van der Waals surface area contributed by atoms with E-state index in [4.69, 9.17) is 5.11 Å². The Morgan fingerprint density at radius 3 is 2.50 bits per heavy atom. The van der Waals surface area contributed by atoms with Gasteiger partial charge >= 0.3 is 0 Å². The van der Waals surface area contributed by atoms with Crippen LogP contribution in [0.3, 0.4) is 0 Å². The summed E-state index contributed by atoms with van der Waals surface area (Å²) in [5.74, 6) is 0.00973. The molecule has 0 bridgehead atoms.